The molecule has 0 saturated heterocycles. The minimum atomic E-state index is -2.40. The van der Waals surface area contributed by atoms with Crippen LogP contribution in [0.5, 0.6) is 0 Å². The minimum absolute atomic E-state index is 0.175. The highest BCUT2D eigenvalue weighted by molar-refractivity contribution is 4.95. The molecule has 7 heteroatoms. The molecule has 19 heavy (non-hydrogen) atoms. The Morgan fingerprint density at radius 1 is 1.47 bits per heavy atom. The molecule has 0 amide bonds. The Bertz CT molecular complexity index is 346. The lowest BCUT2D eigenvalue weighted by Crippen LogP contribution is -2.33. The number of halogens is 2. The van der Waals surface area contributed by atoms with Crippen molar-refractivity contribution in [3.8, 4) is 0 Å². The summed E-state index contributed by atoms with van der Waals surface area (Å²) in [5, 5.41) is 11.3. The molecule has 0 bridgehead atoms. The zero-order valence-corrected chi connectivity index (χ0v) is 11.5. The van der Waals surface area contributed by atoms with Crippen LogP contribution in [-0.4, -0.2) is 47.2 Å². The third-order valence-electron chi connectivity index (χ3n) is 2.64. The van der Waals surface area contributed by atoms with Crippen LogP contribution in [0, 0.1) is 0 Å². The summed E-state index contributed by atoms with van der Waals surface area (Å²) in [4.78, 5) is 0. The van der Waals surface area contributed by atoms with Gasteiger partial charge in [-0.15, -0.1) is 5.10 Å². The van der Waals surface area contributed by atoms with Gasteiger partial charge in [0.1, 0.15) is 6.61 Å². The Hall–Kier alpha value is -1.08. The number of rotatable bonds is 10. The highest BCUT2D eigenvalue weighted by Gasteiger charge is 2.12. The number of aromatic nitrogens is 3. The Kier molecular flexibility index (Phi) is 7.50. The number of nitrogens with zero attached hydrogens (tertiary/aromatic N) is 3. The van der Waals surface area contributed by atoms with E-state index in [1.54, 1.807) is 4.68 Å². The second-order valence-electron chi connectivity index (χ2n) is 4.49. The molecule has 1 aromatic rings. The van der Waals surface area contributed by atoms with E-state index in [1.165, 1.54) is 0 Å². The van der Waals surface area contributed by atoms with Crippen molar-refractivity contribution in [3.63, 3.8) is 0 Å². The van der Waals surface area contributed by atoms with E-state index >= 15 is 0 Å². The standard InChI is InChI=1S/C12H22F2N4O/c1-3-5-15-10(4-6-19-9-12(13)14)7-11-8-18(2)17-16-11/h8,10,12,15H,3-7,9H2,1-2H3. The third-order valence-corrected chi connectivity index (χ3v) is 2.64. The molecule has 110 valence electrons. The lowest BCUT2D eigenvalue weighted by molar-refractivity contribution is 0.0144. The van der Waals surface area contributed by atoms with Crippen molar-refractivity contribution in [2.24, 2.45) is 7.05 Å². The third kappa shape index (κ3) is 7.17. The largest absolute Gasteiger partial charge is 0.375 e. The average Bonchev–Trinajstić information content (AvgIpc) is 2.76. The summed E-state index contributed by atoms with van der Waals surface area (Å²) in [6.07, 6.45) is 1.90. The first kappa shape index (κ1) is 16.0. The van der Waals surface area contributed by atoms with E-state index in [-0.39, 0.29) is 6.04 Å². The molecular formula is C12H22F2N4O. The van der Waals surface area contributed by atoms with Crippen LogP contribution in [0.4, 0.5) is 8.78 Å². The van der Waals surface area contributed by atoms with E-state index in [9.17, 15) is 8.78 Å². The zero-order chi connectivity index (χ0) is 14.1. The molecule has 1 unspecified atom stereocenters. The number of alkyl halides is 2. The number of aryl methyl sites for hydroxylation is 1. The van der Waals surface area contributed by atoms with Gasteiger partial charge in [0.2, 0.25) is 0 Å². The van der Waals surface area contributed by atoms with Crippen LogP contribution in [0.15, 0.2) is 6.20 Å². The van der Waals surface area contributed by atoms with Crippen LogP contribution < -0.4 is 5.32 Å². The van der Waals surface area contributed by atoms with Gasteiger partial charge in [-0.1, -0.05) is 12.1 Å². The summed E-state index contributed by atoms with van der Waals surface area (Å²) < 4.78 is 30.5. The Morgan fingerprint density at radius 3 is 2.84 bits per heavy atom. The summed E-state index contributed by atoms with van der Waals surface area (Å²) in [5.74, 6) is 0. The molecule has 1 atom stereocenters. The Morgan fingerprint density at radius 2 is 2.26 bits per heavy atom. The molecule has 0 radical (unpaired) electrons. The topological polar surface area (TPSA) is 52.0 Å². The van der Waals surface area contributed by atoms with E-state index in [0.29, 0.717) is 13.0 Å². The summed E-state index contributed by atoms with van der Waals surface area (Å²) in [7, 11) is 1.82. The van der Waals surface area contributed by atoms with Crippen molar-refractivity contribution >= 4 is 0 Å². The van der Waals surface area contributed by atoms with Crippen molar-refractivity contribution < 1.29 is 13.5 Å². The molecule has 0 aromatic carbocycles. The summed E-state index contributed by atoms with van der Waals surface area (Å²) in [5.41, 5.74) is 0.893. The van der Waals surface area contributed by atoms with E-state index in [4.69, 9.17) is 4.74 Å². The lowest BCUT2D eigenvalue weighted by Gasteiger charge is -2.17. The van der Waals surface area contributed by atoms with Gasteiger partial charge in [0.15, 0.2) is 0 Å². The van der Waals surface area contributed by atoms with Crippen LogP contribution in [-0.2, 0) is 18.2 Å². The van der Waals surface area contributed by atoms with Crippen LogP contribution in [0.1, 0.15) is 25.5 Å². The fourth-order valence-electron chi connectivity index (χ4n) is 1.76. The maximum absolute atomic E-state index is 11.9. The number of ether oxygens (including phenoxy) is 1. The molecule has 1 heterocycles. The molecule has 0 aliphatic rings. The van der Waals surface area contributed by atoms with Gasteiger partial charge in [0.25, 0.3) is 6.43 Å². The second kappa shape index (κ2) is 8.92. The lowest BCUT2D eigenvalue weighted by atomic mass is 10.1. The monoisotopic (exact) mass is 276 g/mol. The van der Waals surface area contributed by atoms with Crippen LogP contribution in [0.25, 0.3) is 0 Å². The molecule has 1 rings (SSSR count). The van der Waals surface area contributed by atoms with Crippen LogP contribution in [0.2, 0.25) is 0 Å². The number of hydrogen-bond acceptors (Lipinski definition) is 4. The predicted molar refractivity (Wildman–Crippen MR) is 68.2 cm³/mol. The van der Waals surface area contributed by atoms with Crippen molar-refractivity contribution in [2.45, 2.75) is 38.7 Å². The molecule has 0 spiro atoms. The van der Waals surface area contributed by atoms with Crippen LogP contribution >= 0.6 is 0 Å². The van der Waals surface area contributed by atoms with Crippen LogP contribution in [0.3, 0.4) is 0 Å². The zero-order valence-electron chi connectivity index (χ0n) is 11.5. The smallest absolute Gasteiger partial charge is 0.261 e. The highest BCUT2D eigenvalue weighted by Crippen LogP contribution is 2.04. The first-order valence-electron chi connectivity index (χ1n) is 6.56. The minimum Gasteiger partial charge on any atom is -0.375 e. The molecule has 1 N–H and O–H groups in total. The van der Waals surface area contributed by atoms with Gasteiger partial charge in [0.05, 0.1) is 5.69 Å². The fourth-order valence-corrected chi connectivity index (χ4v) is 1.76. The Balaban J connectivity index is 2.33. The molecule has 0 fully saturated rings. The van der Waals surface area contributed by atoms with Crippen molar-refractivity contribution in [1.82, 2.24) is 20.3 Å². The highest BCUT2D eigenvalue weighted by atomic mass is 19.3. The van der Waals surface area contributed by atoms with Gasteiger partial charge < -0.3 is 10.1 Å². The van der Waals surface area contributed by atoms with Crippen molar-refractivity contribution in [3.05, 3.63) is 11.9 Å². The molecule has 5 nitrogen and oxygen atoms in total. The fraction of sp³-hybridized carbons (Fsp3) is 0.833. The molecule has 0 aliphatic carbocycles. The van der Waals surface area contributed by atoms with E-state index in [2.05, 4.69) is 22.6 Å². The van der Waals surface area contributed by atoms with Gasteiger partial charge in [-0.3, -0.25) is 4.68 Å². The van der Waals surface area contributed by atoms with Gasteiger partial charge in [0, 0.05) is 32.3 Å². The first-order valence-corrected chi connectivity index (χ1v) is 6.56. The predicted octanol–water partition coefficient (Wildman–Crippen LogP) is 1.40. The van der Waals surface area contributed by atoms with Gasteiger partial charge in [-0.2, -0.15) is 0 Å². The first-order chi connectivity index (χ1) is 9.11. The van der Waals surface area contributed by atoms with Gasteiger partial charge in [-0.25, -0.2) is 8.78 Å². The second-order valence-corrected chi connectivity index (χ2v) is 4.49. The average molecular weight is 276 g/mol. The Labute approximate surface area is 112 Å². The maximum atomic E-state index is 11.9. The summed E-state index contributed by atoms with van der Waals surface area (Å²) in [6.45, 7) is 2.80. The number of hydrogen-bond donors (Lipinski definition) is 1. The van der Waals surface area contributed by atoms with E-state index < -0.39 is 13.0 Å². The molecular weight excluding hydrogens is 254 g/mol. The van der Waals surface area contributed by atoms with E-state index in [0.717, 1.165) is 25.1 Å². The normalized spacial score (nSPS) is 13.1. The van der Waals surface area contributed by atoms with Crippen molar-refractivity contribution in [1.29, 1.82) is 0 Å². The SMILES string of the molecule is CCCNC(CCOCC(F)F)Cc1cn(C)nn1. The molecule has 0 saturated carbocycles. The quantitative estimate of drug-likeness (QED) is 0.656. The van der Waals surface area contributed by atoms with Gasteiger partial charge in [-0.05, 0) is 19.4 Å². The summed E-state index contributed by atoms with van der Waals surface area (Å²) in [6, 6.07) is 0.175. The summed E-state index contributed by atoms with van der Waals surface area (Å²) >= 11 is 0. The van der Waals surface area contributed by atoms with Gasteiger partial charge >= 0.3 is 0 Å². The molecule has 0 aliphatic heterocycles. The maximum Gasteiger partial charge on any atom is 0.261 e. The molecule has 1 aromatic heterocycles. The number of nitrogens with one attached hydrogen (secondary N) is 1. The van der Waals surface area contributed by atoms with Crippen molar-refractivity contribution in [2.75, 3.05) is 19.8 Å². The van der Waals surface area contributed by atoms with E-state index in [1.807, 2.05) is 13.2 Å².